The largest absolute Gasteiger partial charge is 0.378 e. The van der Waals surface area contributed by atoms with E-state index in [1.807, 2.05) is 12.1 Å². The Morgan fingerprint density at radius 3 is 2.38 bits per heavy atom. The SMILES string of the molecule is CS(=O)(=O)N(CC(=O)N1CCOCC1)c1ccc(I)cc1. The van der Waals surface area contributed by atoms with Crippen LogP contribution in [0.25, 0.3) is 0 Å². The van der Waals surface area contributed by atoms with E-state index in [1.54, 1.807) is 17.0 Å². The average molecular weight is 424 g/mol. The standard InChI is InChI=1S/C13H17IN2O4S/c1-21(18,19)16(12-4-2-11(14)3-5-12)10-13(17)15-6-8-20-9-7-15/h2-5H,6-10H2,1H3. The van der Waals surface area contributed by atoms with Crippen molar-refractivity contribution in [3.05, 3.63) is 27.8 Å². The normalized spacial score (nSPS) is 15.8. The van der Waals surface area contributed by atoms with Crippen molar-refractivity contribution in [2.75, 3.05) is 43.4 Å². The van der Waals surface area contributed by atoms with E-state index >= 15 is 0 Å². The molecule has 0 aliphatic carbocycles. The van der Waals surface area contributed by atoms with E-state index in [1.165, 1.54) is 0 Å². The number of sulfonamides is 1. The Kier molecular flexibility index (Phi) is 5.44. The summed E-state index contributed by atoms with van der Waals surface area (Å²) in [6.45, 7) is 1.81. The van der Waals surface area contributed by atoms with Gasteiger partial charge in [-0.1, -0.05) is 0 Å². The van der Waals surface area contributed by atoms with Crippen LogP contribution < -0.4 is 4.31 Å². The number of carbonyl (C=O) groups is 1. The molecular formula is C13H17IN2O4S. The molecule has 0 bridgehead atoms. The average Bonchev–Trinajstić information content (AvgIpc) is 2.45. The van der Waals surface area contributed by atoms with Crippen molar-refractivity contribution in [1.82, 2.24) is 4.90 Å². The minimum atomic E-state index is -3.51. The number of carbonyl (C=O) groups excluding carboxylic acids is 1. The Hall–Kier alpha value is -0.870. The lowest BCUT2D eigenvalue weighted by Crippen LogP contribution is -2.47. The zero-order valence-electron chi connectivity index (χ0n) is 11.7. The summed E-state index contributed by atoms with van der Waals surface area (Å²) in [6.07, 6.45) is 1.11. The number of morpholine rings is 1. The molecule has 1 aromatic carbocycles. The fourth-order valence-electron chi connectivity index (χ4n) is 2.04. The first-order valence-electron chi connectivity index (χ1n) is 6.47. The van der Waals surface area contributed by atoms with Crippen LogP contribution in [0.2, 0.25) is 0 Å². The molecule has 1 aromatic rings. The van der Waals surface area contributed by atoms with E-state index in [9.17, 15) is 13.2 Å². The number of hydrogen-bond donors (Lipinski definition) is 0. The van der Waals surface area contributed by atoms with Crippen LogP contribution in [0.1, 0.15) is 0 Å². The van der Waals surface area contributed by atoms with Crippen LogP contribution in [0.3, 0.4) is 0 Å². The number of anilines is 1. The minimum Gasteiger partial charge on any atom is -0.378 e. The maximum Gasteiger partial charge on any atom is 0.243 e. The van der Waals surface area contributed by atoms with E-state index in [0.29, 0.717) is 32.0 Å². The molecule has 0 saturated carbocycles. The summed E-state index contributed by atoms with van der Waals surface area (Å²) in [5, 5.41) is 0. The van der Waals surface area contributed by atoms with Crippen LogP contribution in [0, 0.1) is 3.57 Å². The smallest absolute Gasteiger partial charge is 0.243 e. The molecule has 21 heavy (non-hydrogen) atoms. The molecular weight excluding hydrogens is 407 g/mol. The summed E-state index contributed by atoms with van der Waals surface area (Å²) in [5.74, 6) is -0.206. The van der Waals surface area contributed by atoms with Crippen molar-refractivity contribution in [3.63, 3.8) is 0 Å². The van der Waals surface area contributed by atoms with Gasteiger partial charge in [-0.3, -0.25) is 9.10 Å². The maximum atomic E-state index is 12.3. The van der Waals surface area contributed by atoms with E-state index in [2.05, 4.69) is 22.6 Å². The van der Waals surface area contributed by atoms with Gasteiger partial charge in [0, 0.05) is 16.7 Å². The molecule has 1 aliphatic rings. The van der Waals surface area contributed by atoms with Crippen LogP contribution >= 0.6 is 22.6 Å². The molecule has 0 N–H and O–H groups in total. The topological polar surface area (TPSA) is 66.9 Å². The number of nitrogens with zero attached hydrogens (tertiary/aromatic N) is 2. The molecule has 0 aromatic heterocycles. The quantitative estimate of drug-likeness (QED) is 0.675. The fourth-order valence-corrected chi connectivity index (χ4v) is 3.25. The molecule has 0 unspecified atom stereocenters. The number of benzene rings is 1. The second-order valence-electron chi connectivity index (χ2n) is 4.74. The van der Waals surface area contributed by atoms with Gasteiger partial charge in [0.2, 0.25) is 15.9 Å². The second-order valence-corrected chi connectivity index (χ2v) is 7.89. The highest BCUT2D eigenvalue weighted by molar-refractivity contribution is 14.1. The Balaban J connectivity index is 2.17. The molecule has 8 heteroatoms. The van der Waals surface area contributed by atoms with Gasteiger partial charge < -0.3 is 9.64 Å². The van der Waals surface area contributed by atoms with Gasteiger partial charge in [0.05, 0.1) is 25.2 Å². The molecule has 1 heterocycles. The van der Waals surface area contributed by atoms with Gasteiger partial charge in [-0.05, 0) is 46.9 Å². The van der Waals surface area contributed by atoms with Crippen molar-refractivity contribution in [3.8, 4) is 0 Å². The minimum absolute atomic E-state index is 0.181. The van der Waals surface area contributed by atoms with E-state index < -0.39 is 10.0 Å². The van der Waals surface area contributed by atoms with Crippen molar-refractivity contribution in [2.45, 2.75) is 0 Å². The Morgan fingerprint density at radius 1 is 1.29 bits per heavy atom. The molecule has 0 radical (unpaired) electrons. The van der Waals surface area contributed by atoms with Crippen LogP contribution in [0.15, 0.2) is 24.3 Å². The van der Waals surface area contributed by atoms with Gasteiger partial charge in [0.15, 0.2) is 0 Å². The Bertz CT molecular complexity index is 597. The van der Waals surface area contributed by atoms with E-state index in [4.69, 9.17) is 4.74 Å². The van der Waals surface area contributed by atoms with Gasteiger partial charge in [0.1, 0.15) is 6.54 Å². The number of hydrogen-bond acceptors (Lipinski definition) is 4. The first-order chi connectivity index (χ1) is 9.88. The monoisotopic (exact) mass is 424 g/mol. The summed E-state index contributed by atoms with van der Waals surface area (Å²) in [6, 6.07) is 7.03. The van der Waals surface area contributed by atoms with E-state index in [-0.39, 0.29) is 12.5 Å². The van der Waals surface area contributed by atoms with Crippen molar-refractivity contribution >= 4 is 44.2 Å². The van der Waals surface area contributed by atoms with Gasteiger partial charge in [0.25, 0.3) is 0 Å². The highest BCUT2D eigenvalue weighted by Gasteiger charge is 2.24. The number of ether oxygens (including phenoxy) is 1. The lowest BCUT2D eigenvalue weighted by atomic mass is 10.3. The predicted octanol–water partition coefficient (Wildman–Crippen LogP) is 0.916. The summed E-state index contributed by atoms with van der Waals surface area (Å²) in [5.41, 5.74) is 0.500. The number of halogens is 1. The first-order valence-corrected chi connectivity index (χ1v) is 9.39. The molecule has 0 atom stereocenters. The highest BCUT2D eigenvalue weighted by Crippen LogP contribution is 2.19. The van der Waals surface area contributed by atoms with Crippen LogP contribution in [-0.4, -0.2) is 58.3 Å². The molecule has 6 nitrogen and oxygen atoms in total. The maximum absolute atomic E-state index is 12.3. The van der Waals surface area contributed by atoms with Gasteiger partial charge in [-0.15, -0.1) is 0 Å². The summed E-state index contributed by atoms with van der Waals surface area (Å²) >= 11 is 2.14. The molecule has 2 rings (SSSR count). The molecule has 1 amide bonds. The van der Waals surface area contributed by atoms with Crippen molar-refractivity contribution < 1.29 is 17.9 Å². The third-order valence-electron chi connectivity index (χ3n) is 3.16. The van der Waals surface area contributed by atoms with E-state index in [0.717, 1.165) is 14.1 Å². The van der Waals surface area contributed by atoms with Gasteiger partial charge in [-0.25, -0.2) is 8.42 Å². The Morgan fingerprint density at radius 2 is 1.86 bits per heavy atom. The Labute approximate surface area is 138 Å². The summed E-state index contributed by atoms with van der Waals surface area (Å²) < 4.78 is 31.3. The number of rotatable bonds is 4. The highest BCUT2D eigenvalue weighted by atomic mass is 127. The zero-order valence-corrected chi connectivity index (χ0v) is 14.6. The zero-order chi connectivity index (χ0) is 15.5. The van der Waals surface area contributed by atoms with Crippen molar-refractivity contribution in [1.29, 1.82) is 0 Å². The molecule has 1 saturated heterocycles. The second kappa shape index (κ2) is 6.93. The van der Waals surface area contributed by atoms with Crippen LogP contribution in [0.5, 0.6) is 0 Å². The van der Waals surface area contributed by atoms with Gasteiger partial charge in [-0.2, -0.15) is 0 Å². The summed E-state index contributed by atoms with van der Waals surface area (Å²) in [7, 11) is -3.51. The van der Waals surface area contributed by atoms with Crippen LogP contribution in [0.4, 0.5) is 5.69 Å². The van der Waals surface area contributed by atoms with Gasteiger partial charge >= 0.3 is 0 Å². The first kappa shape index (κ1) is 16.5. The molecule has 1 aliphatic heterocycles. The third-order valence-corrected chi connectivity index (χ3v) is 5.02. The van der Waals surface area contributed by atoms with Crippen molar-refractivity contribution in [2.24, 2.45) is 0 Å². The fraction of sp³-hybridized carbons (Fsp3) is 0.462. The molecule has 116 valence electrons. The molecule has 0 spiro atoms. The number of amides is 1. The third kappa shape index (κ3) is 4.55. The predicted molar refractivity (Wildman–Crippen MR) is 88.7 cm³/mol. The lowest BCUT2D eigenvalue weighted by Gasteiger charge is -2.30. The van der Waals surface area contributed by atoms with Crippen LogP contribution in [-0.2, 0) is 19.6 Å². The summed E-state index contributed by atoms with van der Waals surface area (Å²) in [4.78, 5) is 13.9. The lowest BCUT2D eigenvalue weighted by molar-refractivity contribution is -0.133. The molecule has 1 fully saturated rings.